The summed E-state index contributed by atoms with van der Waals surface area (Å²) in [6.45, 7) is 2.66. The molecule has 1 aliphatic rings. The van der Waals surface area contributed by atoms with Crippen LogP contribution in [0.5, 0.6) is 0 Å². The predicted octanol–water partition coefficient (Wildman–Crippen LogP) is 2.40. The number of benzene rings is 1. The number of carbonyl (C=O) groups is 1. The summed E-state index contributed by atoms with van der Waals surface area (Å²) in [5.74, 6) is -0.214. The maximum Gasteiger partial charge on any atom is 0.286 e. The van der Waals surface area contributed by atoms with Crippen LogP contribution >= 0.6 is 11.3 Å². The van der Waals surface area contributed by atoms with Gasteiger partial charge in [0.05, 0.1) is 12.6 Å². The molecule has 1 aromatic heterocycles. The van der Waals surface area contributed by atoms with Gasteiger partial charge in [-0.15, -0.1) is 10.2 Å². The number of piperidine rings is 1. The van der Waals surface area contributed by atoms with Crippen molar-refractivity contribution in [1.29, 1.82) is 0 Å². The van der Waals surface area contributed by atoms with E-state index in [0.717, 1.165) is 43.2 Å². The van der Waals surface area contributed by atoms with Gasteiger partial charge in [0.2, 0.25) is 5.01 Å². The van der Waals surface area contributed by atoms with Crippen LogP contribution < -0.4 is 5.32 Å². The Kier molecular flexibility index (Phi) is 5.32. The maximum absolute atomic E-state index is 12.2. The van der Waals surface area contributed by atoms with Crippen LogP contribution in [0, 0.1) is 0 Å². The van der Waals surface area contributed by atoms with E-state index >= 15 is 0 Å². The number of para-hydroxylation sites is 1. The first-order valence-corrected chi connectivity index (χ1v) is 8.50. The predicted molar refractivity (Wildman–Crippen MR) is 89.6 cm³/mol. The minimum Gasteiger partial charge on any atom is -0.380 e. The first-order chi connectivity index (χ1) is 11.2. The van der Waals surface area contributed by atoms with E-state index < -0.39 is 0 Å². The Morgan fingerprint density at radius 3 is 3.00 bits per heavy atom. The van der Waals surface area contributed by atoms with Crippen molar-refractivity contribution in [2.24, 2.45) is 0 Å². The van der Waals surface area contributed by atoms with Gasteiger partial charge in [0, 0.05) is 19.3 Å². The highest BCUT2D eigenvalue weighted by Crippen LogP contribution is 2.18. The van der Waals surface area contributed by atoms with E-state index in [2.05, 4.69) is 20.4 Å². The van der Waals surface area contributed by atoms with Crippen molar-refractivity contribution in [1.82, 2.24) is 15.1 Å². The van der Waals surface area contributed by atoms with E-state index in [4.69, 9.17) is 4.74 Å². The van der Waals surface area contributed by atoms with Gasteiger partial charge in [-0.05, 0) is 31.5 Å². The molecule has 0 spiro atoms. The van der Waals surface area contributed by atoms with Gasteiger partial charge in [-0.25, -0.2) is 0 Å². The van der Waals surface area contributed by atoms with Gasteiger partial charge in [0.1, 0.15) is 5.01 Å². The van der Waals surface area contributed by atoms with Crippen molar-refractivity contribution in [3.8, 4) is 0 Å². The normalized spacial score (nSPS) is 18.7. The van der Waals surface area contributed by atoms with Crippen LogP contribution in [0.4, 0.5) is 5.69 Å². The van der Waals surface area contributed by atoms with Crippen molar-refractivity contribution in [2.75, 3.05) is 25.5 Å². The van der Waals surface area contributed by atoms with Gasteiger partial charge in [-0.3, -0.25) is 9.69 Å². The molecular weight excluding hydrogens is 312 g/mol. The lowest BCUT2D eigenvalue weighted by Gasteiger charge is -2.30. The number of ether oxygens (including phenoxy) is 1. The summed E-state index contributed by atoms with van der Waals surface area (Å²) in [6, 6.07) is 9.36. The number of hydrogen-bond donors (Lipinski definition) is 1. The van der Waals surface area contributed by atoms with Crippen molar-refractivity contribution < 1.29 is 9.53 Å². The molecule has 23 heavy (non-hydrogen) atoms. The van der Waals surface area contributed by atoms with E-state index in [9.17, 15) is 4.79 Å². The van der Waals surface area contributed by atoms with Gasteiger partial charge in [-0.2, -0.15) is 0 Å². The second-order valence-corrected chi connectivity index (χ2v) is 6.62. The van der Waals surface area contributed by atoms with Gasteiger partial charge in [0.25, 0.3) is 5.91 Å². The van der Waals surface area contributed by atoms with Crippen LogP contribution in [0.1, 0.15) is 27.7 Å². The lowest BCUT2D eigenvalue weighted by molar-refractivity contribution is 0.0285. The number of amides is 1. The zero-order valence-corrected chi connectivity index (χ0v) is 13.9. The first-order valence-electron chi connectivity index (χ1n) is 7.68. The SMILES string of the molecule is COC1CCCN(Cc2nnc(C(=O)Nc3ccccc3)s2)C1. The Morgan fingerprint density at radius 1 is 1.39 bits per heavy atom. The number of hydrogen-bond acceptors (Lipinski definition) is 6. The molecule has 1 N–H and O–H groups in total. The smallest absolute Gasteiger partial charge is 0.286 e. The molecule has 1 saturated heterocycles. The summed E-state index contributed by atoms with van der Waals surface area (Å²) < 4.78 is 5.43. The molecule has 1 aromatic carbocycles. The molecule has 1 atom stereocenters. The number of anilines is 1. The average Bonchev–Trinajstić information content (AvgIpc) is 3.04. The number of likely N-dealkylation sites (tertiary alicyclic amines) is 1. The molecule has 0 radical (unpaired) electrons. The van der Waals surface area contributed by atoms with E-state index in [1.807, 2.05) is 30.3 Å². The minimum atomic E-state index is -0.214. The standard InChI is InChI=1S/C16H20N4O2S/c1-22-13-8-5-9-20(10-13)11-14-18-19-16(23-14)15(21)17-12-6-3-2-4-7-12/h2-4,6-7,13H,5,8-11H2,1H3,(H,17,21). The number of methoxy groups -OCH3 is 1. The summed E-state index contributed by atoms with van der Waals surface area (Å²) >= 11 is 1.35. The number of rotatable bonds is 5. The monoisotopic (exact) mass is 332 g/mol. The third kappa shape index (κ3) is 4.34. The molecular formula is C16H20N4O2S. The summed E-state index contributed by atoms with van der Waals surface area (Å²) in [7, 11) is 1.76. The Morgan fingerprint density at radius 2 is 2.22 bits per heavy atom. The summed E-state index contributed by atoms with van der Waals surface area (Å²) in [6.07, 6.45) is 2.52. The fraction of sp³-hybridized carbons (Fsp3) is 0.438. The maximum atomic E-state index is 12.2. The van der Waals surface area contributed by atoms with Crippen molar-refractivity contribution in [3.05, 3.63) is 40.3 Å². The molecule has 1 unspecified atom stereocenters. The Bertz CT molecular complexity index is 647. The average molecular weight is 332 g/mol. The zero-order chi connectivity index (χ0) is 16.1. The highest BCUT2D eigenvalue weighted by molar-refractivity contribution is 7.13. The zero-order valence-electron chi connectivity index (χ0n) is 13.1. The van der Waals surface area contributed by atoms with Crippen LogP contribution in [-0.4, -0.2) is 47.3 Å². The topological polar surface area (TPSA) is 67.3 Å². The van der Waals surface area contributed by atoms with Gasteiger partial charge < -0.3 is 10.1 Å². The van der Waals surface area contributed by atoms with Gasteiger partial charge in [0.15, 0.2) is 0 Å². The molecule has 3 rings (SSSR count). The highest BCUT2D eigenvalue weighted by Gasteiger charge is 2.21. The quantitative estimate of drug-likeness (QED) is 0.911. The molecule has 2 heterocycles. The second-order valence-electron chi connectivity index (χ2n) is 5.56. The Balaban J connectivity index is 1.58. The van der Waals surface area contributed by atoms with Crippen molar-refractivity contribution >= 4 is 22.9 Å². The van der Waals surface area contributed by atoms with Crippen LogP contribution in [-0.2, 0) is 11.3 Å². The van der Waals surface area contributed by atoms with Crippen molar-refractivity contribution in [2.45, 2.75) is 25.5 Å². The minimum absolute atomic E-state index is 0.214. The van der Waals surface area contributed by atoms with Gasteiger partial charge in [-0.1, -0.05) is 29.5 Å². The molecule has 7 heteroatoms. The Hall–Kier alpha value is -1.83. The molecule has 1 fully saturated rings. The number of nitrogens with zero attached hydrogens (tertiary/aromatic N) is 3. The van der Waals surface area contributed by atoms with E-state index in [-0.39, 0.29) is 12.0 Å². The number of carbonyl (C=O) groups excluding carboxylic acids is 1. The molecule has 2 aromatic rings. The van der Waals surface area contributed by atoms with Crippen LogP contribution in [0.15, 0.2) is 30.3 Å². The molecule has 1 amide bonds. The molecule has 6 nitrogen and oxygen atoms in total. The Labute approximate surface area is 139 Å². The van der Waals surface area contributed by atoms with E-state index in [0.29, 0.717) is 5.01 Å². The first kappa shape index (κ1) is 16.0. The summed E-state index contributed by atoms with van der Waals surface area (Å²) in [4.78, 5) is 14.5. The fourth-order valence-electron chi connectivity index (χ4n) is 2.66. The molecule has 122 valence electrons. The molecule has 0 aliphatic carbocycles. The lowest BCUT2D eigenvalue weighted by atomic mass is 10.1. The lowest BCUT2D eigenvalue weighted by Crippen LogP contribution is -2.38. The van der Waals surface area contributed by atoms with E-state index in [1.165, 1.54) is 11.3 Å². The molecule has 0 bridgehead atoms. The highest BCUT2D eigenvalue weighted by atomic mass is 32.1. The molecule has 1 aliphatic heterocycles. The fourth-order valence-corrected chi connectivity index (χ4v) is 3.43. The summed E-state index contributed by atoms with van der Waals surface area (Å²) in [5, 5.41) is 12.2. The van der Waals surface area contributed by atoms with Crippen LogP contribution in [0.25, 0.3) is 0 Å². The second kappa shape index (κ2) is 7.63. The van der Waals surface area contributed by atoms with Gasteiger partial charge >= 0.3 is 0 Å². The van der Waals surface area contributed by atoms with Crippen LogP contribution in [0.3, 0.4) is 0 Å². The van der Waals surface area contributed by atoms with Crippen molar-refractivity contribution in [3.63, 3.8) is 0 Å². The largest absolute Gasteiger partial charge is 0.380 e. The third-order valence-corrected chi connectivity index (χ3v) is 4.75. The summed E-state index contributed by atoms with van der Waals surface area (Å²) in [5.41, 5.74) is 0.758. The number of nitrogens with one attached hydrogen (secondary N) is 1. The molecule has 0 saturated carbocycles. The van der Waals surface area contributed by atoms with E-state index in [1.54, 1.807) is 7.11 Å². The third-order valence-electron chi connectivity index (χ3n) is 3.85. The van der Waals surface area contributed by atoms with Crippen LogP contribution in [0.2, 0.25) is 0 Å². The number of aromatic nitrogens is 2.